The fourth-order valence-electron chi connectivity index (χ4n) is 4.52. The molecule has 0 radical (unpaired) electrons. The molecule has 1 aliphatic rings. The molecular formula is C31H26N2O7. The minimum atomic E-state index is -0.878. The molecule has 2 heterocycles. The number of esters is 1. The van der Waals surface area contributed by atoms with Crippen molar-refractivity contribution in [3.8, 4) is 29.1 Å². The lowest BCUT2D eigenvalue weighted by Gasteiger charge is -2.27. The number of allylic oxidation sites excluding steroid dienone is 1. The third-order valence-corrected chi connectivity index (χ3v) is 6.54. The Morgan fingerprint density at radius 3 is 2.67 bits per heavy atom. The molecule has 40 heavy (non-hydrogen) atoms. The Morgan fingerprint density at radius 2 is 1.90 bits per heavy atom. The van der Waals surface area contributed by atoms with E-state index in [1.807, 2.05) is 6.07 Å². The first kappa shape index (κ1) is 26.4. The van der Waals surface area contributed by atoms with Gasteiger partial charge in [0.05, 0.1) is 19.6 Å². The molecule has 0 spiro atoms. The lowest BCUT2D eigenvalue weighted by atomic mass is 9.83. The summed E-state index contributed by atoms with van der Waals surface area (Å²) >= 11 is 0. The highest BCUT2D eigenvalue weighted by atomic mass is 16.5. The van der Waals surface area contributed by atoms with Crippen LogP contribution in [0.15, 0.2) is 87.4 Å². The average Bonchev–Trinajstić information content (AvgIpc) is 2.96. The molecule has 0 saturated carbocycles. The van der Waals surface area contributed by atoms with E-state index in [0.717, 1.165) is 18.4 Å². The minimum absolute atomic E-state index is 0.0686. The van der Waals surface area contributed by atoms with Gasteiger partial charge in [0.25, 0.3) is 0 Å². The molecule has 2 N–H and O–H groups in total. The minimum Gasteiger partial charge on any atom is -0.493 e. The second kappa shape index (κ2) is 11.3. The van der Waals surface area contributed by atoms with Gasteiger partial charge in [0, 0.05) is 17.0 Å². The monoisotopic (exact) mass is 538 g/mol. The standard InChI is InChI=1S/C31H26N2O7/c1-3-4-13-37-25-12-9-19(15-27(25)36-2)28-21-11-10-20(16-26(21)39-29(33)23(28)17-32)38-30(34)22-14-18-7-5-6-8-24(18)40-31(22)35/h5-12,14-16,28H,3-4,13,33H2,1-2H3. The largest absolute Gasteiger partial charge is 0.493 e. The summed E-state index contributed by atoms with van der Waals surface area (Å²) < 4.78 is 27.9. The second-order valence-electron chi connectivity index (χ2n) is 9.11. The SMILES string of the molecule is CCCCOc1ccc(C2C(C#N)=C(N)Oc3cc(OC(=O)c4cc5ccccc5oc4=O)ccc32)cc1OC. The molecule has 1 unspecified atom stereocenters. The first-order valence-corrected chi connectivity index (χ1v) is 12.7. The maximum absolute atomic E-state index is 12.9. The quantitative estimate of drug-likeness (QED) is 0.135. The zero-order chi connectivity index (χ0) is 28.2. The maximum atomic E-state index is 12.9. The van der Waals surface area contributed by atoms with Crippen LogP contribution in [-0.2, 0) is 0 Å². The zero-order valence-corrected chi connectivity index (χ0v) is 21.9. The number of hydrogen-bond acceptors (Lipinski definition) is 9. The van der Waals surface area contributed by atoms with Crippen molar-refractivity contribution in [1.29, 1.82) is 5.26 Å². The Balaban J connectivity index is 1.46. The summed E-state index contributed by atoms with van der Waals surface area (Å²) in [4.78, 5) is 25.3. The van der Waals surface area contributed by atoms with Crippen LogP contribution >= 0.6 is 0 Å². The molecule has 9 nitrogen and oxygen atoms in total. The van der Waals surface area contributed by atoms with Gasteiger partial charge in [-0.3, -0.25) is 0 Å². The normalized spacial score (nSPS) is 14.2. The number of unbranched alkanes of at least 4 members (excludes halogenated alkanes) is 1. The number of nitriles is 1. The van der Waals surface area contributed by atoms with Gasteiger partial charge in [0.15, 0.2) is 11.5 Å². The van der Waals surface area contributed by atoms with E-state index >= 15 is 0 Å². The molecule has 4 aromatic rings. The molecule has 1 aliphatic heterocycles. The van der Waals surface area contributed by atoms with Crippen molar-refractivity contribution < 1.29 is 28.2 Å². The summed E-state index contributed by atoms with van der Waals surface area (Å²) in [5, 5.41) is 10.5. The van der Waals surface area contributed by atoms with Crippen LogP contribution in [0.2, 0.25) is 0 Å². The van der Waals surface area contributed by atoms with Crippen LogP contribution in [-0.4, -0.2) is 19.7 Å². The molecular weight excluding hydrogens is 512 g/mol. The summed E-state index contributed by atoms with van der Waals surface area (Å²) in [5.74, 6) is 0.0437. The number of carbonyl (C=O) groups is 1. The molecule has 1 aromatic heterocycles. The summed E-state index contributed by atoms with van der Waals surface area (Å²) in [7, 11) is 1.55. The predicted molar refractivity (Wildman–Crippen MR) is 147 cm³/mol. The molecule has 202 valence electrons. The Morgan fingerprint density at radius 1 is 1.07 bits per heavy atom. The van der Waals surface area contributed by atoms with Crippen molar-refractivity contribution in [3.63, 3.8) is 0 Å². The van der Waals surface area contributed by atoms with Gasteiger partial charge >= 0.3 is 11.6 Å². The van der Waals surface area contributed by atoms with Crippen molar-refractivity contribution in [2.45, 2.75) is 25.7 Å². The van der Waals surface area contributed by atoms with Gasteiger partial charge in [-0.25, -0.2) is 9.59 Å². The summed E-state index contributed by atoms with van der Waals surface area (Å²) in [6.45, 7) is 2.64. The van der Waals surface area contributed by atoms with Gasteiger partial charge in [0.1, 0.15) is 34.3 Å². The molecule has 0 aliphatic carbocycles. The van der Waals surface area contributed by atoms with E-state index in [0.29, 0.717) is 40.4 Å². The van der Waals surface area contributed by atoms with Crippen LogP contribution in [0.25, 0.3) is 11.0 Å². The number of rotatable bonds is 8. The van der Waals surface area contributed by atoms with Gasteiger partial charge in [-0.1, -0.05) is 43.7 Å². The van der Waals surface area contributed by atoms with Gasteiger partial charge in [-0.05, 0) is 42.3 Å². The number of para-hydroxylation sites is 1. The molecule has 0 bridgehead atoms. The fourth-order valence-corrected chi connectivity index (χ4v) is 4.52. The number of benzene rings is 3. The smallest absolute Gasteiger partial charge is 0.351 e. The lowest BCUT2D eigenvalue weighted by Crippen LogP contribution is -2.22. The van der Waals surface area contributed by atoms with Gasteiger partial charge in [-0.2, -0.15) is 5.26 Å². The molecule has 3 aromatic carbocycles. The van der Waals surface area contributed by atoms with E-state index < -0.39 is 17.5 Å². The summed E-state index contributed by atoms with van der Waals surface area (Å²) in [5.41, 5.74) is 7.07. The zero-order valence-electron chi connectivity index (χ0n) is 21.9. The number of fused-ring (bicyclic) bond motifs is 2. The molecule has 9 heteroatoms. The van der Waals surface area contributed by atoms with E-state index in [9.17, 15) is 14.9 Å². The Bertz CT molecular complexity index is 1730. The van der Waals surface area contributed by atoms with Crippen LogP contribution in [0.5, 0.6) is 23.0 Å². The predicted octanol–water partition coefficient (Wildman–Crippen LogP) is 5.42. The summed E-state index contributed by atoms with van der Waals surface area (Å²) in [6.07, 6.45) is 1.91. The van der Waals surface area contributed by atoms with E-state index in [2.05, 4.69) is 13.0 Å². The summed E-state index contributed by atoms with van der Waals surface area (Å²) in [6, 6.07) is 20.6. The first-order chi connectivity index (χ1) is 19.4. The van der Waals surface area contributed by atoms with Crippen LogP contribution in [0.3, 0.4) is 0 Å². The van der Waals surface area contributed by atoms with Gasteiger partial charge in [0.2, 0.25) is 5.88 Å². The topological polar surface area (TPSA) is 134 Å². The van der Waals surface area contributed by atoms with Gasteiger partial charge < -0.3 is 29.1 Å². The number of nitrogens with zero attached hydrogens (tertiary/aromatic N) is 1. The van der Waals surface area contributed by atoms with E-state index in [1.165, 1.54) is 12.1 Å². The van der Waals surface area contributed by atoms with Crippen molar-refractivity contribution in [3.05, 3.63) is 105 Å². The number of carbonyl (C=O) groups excluding carboxylic acids is 1. The van der Waals surface area contributed by atoms with Crippen LogP contribution in [0.1, 0.15) is 47.2 Å². The highest BCUT2D eigenvalue weighted by Gasteiger charge is 2.32. The average molecular weight is 539 g/mol. The van der Waals surface area contributed by atoms with Crippen molar-refractivity contribution in [2.24, 2.45) is 5.73 Å². The van der Waals surface area contributed by atoms with Gasteiger partial charge in [-0.15, -0.1) is 0 Å². The van der Waals surface area contributed by atoms with Crippen LogP contribution in [0.4, 0.5) is 0 Å². The number of nitrogens with two attached hydrogens (primary N) is 1. The molecule has 0 saturated heterocycles. The maximum Gasteiger partial charge on any atom is 0.351 e. The molecule has 0 amide bonds. The number of hydrogen-bond donors (Lipinski definition) is 1. The second-order valence-corrected chi connectivity index (χ2v) is 9.11. The highest BCUT2D eigenvalue weighted by Crippen LogP contribution is 2.45. The van der Waals surface area contributed by atoms with E-state index in [1.54, 1.807) is 55.6 Å². The third-order valence-electron chi connectivity index (χ3n) is 6.54. The Hall–Kier alpha value is -5.23. The fraction of sp³-hybridized carbons (Fsp3) is 0.194. The van der Waals surface area contributed by atoms with E-state index in [-0.39, 0.29) is 22.8 Å². The highest BCUT2D eigenvalue weighted by molar-refractivity contribution is 5.94. The Labute approximate surface area is 229 Å². The molecule has 0 fully saturated rings. The number of methoxy groups -OCH3 is 1. The lowest BCUT2D eigenvalue weighted by molar-refractivity contribution is 0.0730. The van der Waals surface area contributed by atoms with Crippen molar-refractivity contribution >= 4 is 16.9 Å². The number of ether oxygens (including phenoxy) is 4. The van der Waals surface area contributed by atoms with E-state index in [4.69, 9.17) is 29.1 Å². The Kier molecular flexibility index (Phi) is 7.42. The van der Waals surface area contributed by atoms with Crippen LogP contribution < -0.4 is 30.3 Å². The molecule has 1 atom stereocenters. The third kappa shape index (κ3) is 5.07. The molecule has 5 rings (SSSR count). The van der Waals surface area contributed by atoms with Crippen LogP contribution in [0, 0.1) is 11.3 Å². The van der Waals surface area contributed by atoms with Crippen molar-refractivity contribution in [2.75, 3.05) is 13.7 Å². The van der Waals surface area contributed by atoms with Crippen molar-refractivity contribution in [1.82, 2.24) is 0 Å². The first-order valence-electron chi connectivity index (χ1n) is 12.7.